The van der Waals surface area contributed by atoms with Gasteiger partial charge in [-0.25, -0.2) is 0 Å². The summed E-state index contributed by atoms with van der Waals surface area (Å²) < 4.78 is 50.3. The van der Waals surface area contributed by atoms with Crippen LogP contribution >= 0.6 is 0 Å². The Labute approximate surface area is 193 Å². The van der Waals surface area contributed by atoms with Crippen molar-refractivity contribution in [1.82, 2.24) is 9.78 Å². The SMILES string of the molecule is [2H]C(C)(C)Oc1ccc(Cc2c(O[C@@H]3O[C@H](CO)[C@@H](O)[C@H](O)[C@H]3O)nn(C(C)C)c2C([2H])([2H])[2H])cc1. The first kappa shape index (κ1) is 19.3. The summed E-state index contributed by atoms with van der Waals surface area (Å²) in [5, 5.41) is 44.4. The van der Waals surface area contributed by atoms with Gasteiger partial charge in [0.1, 0.15) is 30.2 Å². The molecule has 0 bridgehead atoms. The molecule has 1 aromatic carbocycles. The van der Waals surface area contributed by atoms with Gasteiger partial charge in [-0.15, -0.1) is 5.10 Å². The smallest absolute Gasteiger partial charge is 0.239 e. The maximum Gasteiger partial charge on any atom is 0.239 e. The van der Waals surface area contributed by atoms with Gasteiger partial charge < -0.3 is 34.6 Å². The number of benzene rings is 1. The van der Waals surface area contributed by atoms with Gasteiger partial charge in [0.15, 0.2) is 0 Å². The number of hydrogen-bond donors (Lipinski definition) is 4. The van der Waals surface area contributed by atoms with E-state index in [0.29, 0.717) is 11.3 Å². The highest BCUT2D eigenvalue weighted by molar-refractivity contribution is 5.38. The molecule has 0 unspecified atom stereocenters. The van der Waals surface area contributed by atoms with Gasteiger partial charge in [0.25, 0.3) is 0 Å². The third-order valence-electron chi connectivity index (χ3n) is 5.16. The molecular weight excluding hydrogens is 416 g/mol. The second-order valence-electron chi connectivity index (χ2n) is 8.32. The molecule has 9 nitrogen and oxygen atoms in total. The molecule has 2 aromatic rings. The van der Waals surface area contributed by atoms with Crippen LogP contribution in [0.3, 0.4) is 0 Å². The van der Waals surface area contributed by atoms with E-state index in [1.54, 1.807) is 52.0 Å². The van der Waals surface area contributed by atoms with E-state index in [2.05, 4.69) is 5.10 Å². The number of aliphatic hydroxyl groups is 4. The van der Waals surface area contributed by atoms with E-state index in [1.165, 1.54) is 4.68 Å². The fourth-order valence-corrected chi connectivity index (χ4v) is 3.47. The Morgan fingerprint density at radius 3 is 2.38 bits per heavy atom. The topological polar surface area (TPSA) is 126 Å². The van der Waals surface area contributed by atoms with Crippen molar-refractivity contribution in [3.8, 4) is 11.6 Å². The van der Waals surface area contributed by atoms with Crippen LogP contribution < -0.4 is 9.47 Å². The predicted molar refractivity (Wildman–Crippen MR) is 117 cm³/mol. The number of aliphatic hydroxyl groups excluding tert-OH is 4. The molecule has 0 radical (unpaired) electrons. The molecule has 2 heterocycles. The second-order valence-corrected chi connectivity index (χ2v) is 8.32. The quantitative estimate of drug-likeness (QED) is 0.471. The summed E-state index contributed by atoms with van der Waals surface area (Å²) in [6.07, 6.45) is -8.65. The summed E-state index contributed by atoms with van der Waals surface area (Å²) in [7, 11) is 0. The predicted octanol–water partition coefficient (Wildman–Crippen LogP) is 1.33. The second kappa shape index (κ2) is 10.2. The molecule has 5 atom stereocenters. The molecule has 1 saturated heterocycles. The molecule has 0 amide bonds. The van der Waals surface area contributed by atoms with Crippen molar-refractivity contribution in [3.63, 3.8) is 0 Å². The van der Waals surface area contributed by atoms with Crippen LogP contribution in [0.5, 0.6) is 11.6 Å². The van der Waals surface area contributed by atoms with Gasteiger partial charge in [-0.2, -0.15) is 0 Å². The van der Waals surface area contributed by atoms with Crippen molar-refractivity contribution in [1.29, 1.82) is 0 Å². The Bertz CT molecular complexity index is 1020. The number of hydrogen-bond acceptors (Lipinski definition) is 8. The average molecular weight is 455 g/mol. The van der Waals surface area contributed by atoms with Crippen LogP contribution in [0.2, 0.25) is 0 Å². The minimum Gasteiger partial charge on any atom is -0.491 e. The fraction of sp³-hybridized carbons (Fsp3) is 0.609. The lowest BCUT2D eigenvalue weighted by Gasteiger charge is -2.39. The molecule has 178 valence electrons. The maximum absolute atomic E-state index is 10.4. The summed E-state index contributed by atoms with van der Waals surface area (Å²) >= 11 is 0. The zero-order chi connectivity index (χ0) is 27.0. The number of nitrogens with zero attached hydrogens (tertiary/aromatic N) is 2. The molecule has 4 N–H and O–H groups in total. The Hall–Kier alpha value is -2.17. The van der Waals surface area contributed by atoms with Gasteiger partial charge in [-0.1, -0.05) is 12.1 Å². The van der Waals surface area contributed by atoms with E-state index in [1.807, 2.05) is 0 Å². The van der Waals surface area contributed by atoms with E-state index in [9.17, 15) is 20.4 Å². The number of ether oxygens (including phenoxy) is 3. The lowest BCUT2D eigenvalue weighted by molar-refractivity contribution is -0.278. The van der Waals surface area contributed by atoms with Crippen LogP contribution in [-0.2, 0) is 11.2 Å². The molecule has 0 aliphatic carbocycles. The van der Waals surface area contributed by atoms with E-state index in [0.717, 1.165) is 0 Å². The minimum absolute atomic E-state index is 0.0512. The monoisotopic (exact) mass is 454 g/mol. The van der Waals surface area contributed by atoms with Gasteiger partial charge in [-0.3, -0.25) is 4.68 Å². The van der Waals surface area contributed by atoms with E-state index in [-0.39, 0.29) is 29.6 Å². The Morgan fingerprint density at radius 2 is 1.81 bits per heavy atom. The zero-order valence-electron chi connectivity index (χ0n) is 22.6. The highest BCUT2D eigenvalue weighted by Crippen LogP contribution is 2.31. The van der Waals surface area contributed by atoms with Crippen LogP contribution in [-0.4, -0.2) is 73.6 Å². The van der Waals surface area contributed by atoms with Crippen LogP contribution in [0.4, 0.5) is 0 Å². The molecule has 3 rings (SSSR count). The largest absolute Gasteiger partial charge is 0.491 e. The standard InChI is InChI=1S/C23H34N2O7/c1-12(2)25-14(5)17(10-15-6-8-16(9-7-15)30-13(3)4)22(24-25)32-23-21(29)20(28)19(27)18(11-26)31-23/h6-9,12-13,18-21,23,26-29H,10-11H2,1-5H3/t18-,19-,20+,21-,23+/m1/s1/i5D3,13D. The molecule has 1 aliphatic heterocycles. The van der Waals surface area contributed by atoms with Crippen LogP contribution in [0.15, 0.2) is 24.3 Å². The summed E-state index contributed by atoms with van der Waals surface area (Å²) in [6, 6.07) is 6.46. The van der Waals surface area contributed by atoms with Gasteiger partial charge in [0, 0.05) is 27.8 Å². The Kier molecular flexibility index (Phi) is 6.14. The van der Waals surface area contributed by atoms with Crippen molar-refractivity contribution in [2.24, 2.45) is 0 Å². The Balaban J connectivity index is 2.00. The first-order chi connectivity index (χ1) is 16.6. The molecular formula is C23H34N2O7. The highest BCUT2D eigenvalue weighted by atomic mass is 16.7. The number of aromatic nitrogens is 2. The normalized spacial score (nSPS) is 28.6. The lowest BCUT2D eigenvalue weighted by Crippen LogP contribution is -2.60. The van der Waals surface area contributed by atoms with Gasteiger partial charge in [0.2, 0.25) is 12.2 Å². The third-order valence-corrected chi connectivity index (χ3v) is 5.16. The van der Waals surface area contributed by atoms with Crippen molar-refractivity contribution < 1.29 is 40.1 Å². The van der Waals surface area contributed by atoms with Crippen LogP contribution in [0.1, 0.15) is 56.0 Å². The molecule has 1 aromatic heterocycles. The highest BCUT2D eigenvalue weighted by Gasteiger charge is 2.45. The molecule has 32 heavy (non-hydrogen) atoms. The van der Waals surface area contributed by atoms with Gasteiger partial charge in [0.05, 0.1) is 14.1 Å². The molecule has 0 saturated carbocycles. The van der Waals surface area contributed by atoms with E-state index >= 15 is 0 Å². The average Bonchev–Trinajstić information content (AvgIpc) is 3.13. The molecule has 1 aliphatic rings. The Morgan fingerprint density at radius 1 is 1.12 bits per heavy atom. The van der Waals surface area contributed by atoms with Crippen molar-refractivity contribution in [3.05, 3.63) is 41.1 Å². The minimum atomic E-state index is -2.55. The third kappa shape index (κ3) is 5.24. The number of rotatable bonds is 8. The van der Waals surface area contributed by atoms with Crippen LogP contribution in [0.25, 0.3) is 0 Å². The van der Waals surface area contributed by atoms with Crippen LogP contribution in [0, 0.1) is 6.85 Å². The molecule has 9 heteroatoms. The molecule has 1 fully saturated rings. The van der Waals surface area contributed by atoms with Gasteiger partial charge in [-0.05, 0) is 52.2 Å². The zero-order valence-corrected chi connectivity index (χ0v) is 18.6. The van der Waals surface area contributed by atoms with Crippen molar-refractivity contribution >= 4 is 0 Å². The summed E-state index contributed by atoms with van der Waals surface area (Å²) in [4.78, 5) is 0. The first-order valence-corrected chi connectivity index (χ1v) is 10.5. The molecule has 0 spiro atoms. The fourth-order valence-electron chi connectivity index (χ4n) is 3.47. The summed E-state index contributed by atoms with van der Waals surface area (Å²) in [5.74, 6) is 0.359. The summed E-state index contributed by atoms with van der Waals surface area (Å²) in [5.41, 5.74) is 0.887. The van der Waals surface area contributed by atoms with Gasteiger partial charge >= 0.3 is 0 Å². The maximum atomic E-state index is 10.4. The first-order valence-electron chi connectivity index (χ1n) is 12.5. The van der Waals surface area contributed by atoms with E-state index in [4.69, 9.17) is 19.7 Å². The summed E-state index contributed by atoms with van der Waals surface area (Å²) in [6.45, 7) is 3.54. The van der Waals surface area contributed by atoms with E-state index < -0.39 is 50.2 Å². The van der Waals surface area contributed by atoms with Crippen molar-refractivity contribution in [2.45, 2.75) is 83.8 Å². The van der Waals surface area contributed by atoms with Crippen molar-refractivity contribution in [2.75, 3.05) is 6.61 Å². The lowest BCUT2D eigenvalue weighted by atomic mass is 9.99.